The van der Waals surface area contributed by atoms with E-state index >= 15 is 0 Å². The standard InChI is InChI=1S/C25H29N5O2/c1-5-28(6-2)22(31)17-29-20-15-11-10-14-19(20)24-26-23(18-12-8-7-9-13-18)21(16-27(3)4)30(24)25(29)32/h7-15H,5-6,16-17H2,1-4H3. The van der Waals surface area contributed by atoms with Crippen molar-refractivity contribution in [2.75, 3.05) is 27.2 Å². The lowest BCUT2D eigenvalue weighted by atomic mass is 10.1. The monoisotopic (exact) mass is 431 g/mol. The van der Waals surface area contributed by atoms with Gasteiger partial charge in [-0.2, -0.15) is 0 Å². The highest BCUT2D eigenvalue weighted by Crippen LogP contribution is 2.28. The molecule has 0 N–H and O–H groups in total. The SMILES string of the molecule is CCN(CC)C(=O)Cn1c(=O)n2c(CN(C)C)c(-c3ccccc3)nc2c2ccccc21. The van der Waals surface area contributed by atoms with E-state index in [0.29, 0.717) is 30.8 Å². The van der Waals surface area contributed by atoms with Crippen LogP contribution in [0.2, 0.25) is 0 Å². The maximum absolute atomic E-state index is 13.8. The van der Waals surface area contributed by atoms with Gasteiger partial charge in [0.15, 0.2) is 5.65 Å². The van der Waals surface area contributed by atoms with Gasteiger partial charge in [-0.1, -0.05) is 42.5 Å². The van der Waals surface area contributed by atoms with Crippen LogP contribution < -0.4 is 5.69 Å². The van der Waals surface area contributed by atoms with Gasteiger partial charge in [-0.3, -0.25) is 9.36 Å². The Morgan fingerprint density at radius 3 is 2.28 bits per heavy atom. The van der Waals surface area contributed by atoms with Gasteiger partial charge in [0.05, 0.1) is 16.9 Å². The minimum Gasteiger partial charge on any atom is -0.342 e. The number of nitrogens with zero attached hydrogens (tertiary/aromatic N) is 5. The van der Waals surface area contributed by atoms with Crippen molar-refractivity contribution in [3.63, 3.8) is 0 Å². The maximum Gasteiger partial charge on any atom is 0.335 e. The van der Waals surface area contributed by atoms with Crippen molar-refractivity contribution in [1.82, 2.24) is 23.8 Å². The van der Waals surface area contributed by atoms with E-state index in [1.165, 1.54) is 0 Å². The fourth-order valence-electron chi connectivity index (χ4n) is 4.20. The number of imidazole rings is 1. The molecule has 7 nitrogen and oxygen atoms in total. The molecule has 0 radical (unpaired) electrons. The zero-order valence-electron chi connectivity index (χ0n) is 19.1. The van der Waals surface area contributed by atoms with Crippen molar-refractivity contribution in [2.45, 2.75) is 26.9 Å². The fourth-order valence-corrected chi connectivity index (χ4v) is 4.20. The molecule has 0 spiro atoms. The third-order valence-electron chi connectivity index (χ3n) is 5.75. The molecule has 7 heteroatoms. The summed E-state index contributed by atoms with van der Waals surface area (Å²) in [6, 6.07) is 17.6. The molecular formula is C25H29N5O2. The Morgan fingerprint density at radius 1 is 0.969 bits per heavy atom. The number of benzene rings is 2. The number of hydrogen-bond acceptors (Lipinski definition) is 4. The van der Waals surface area contributed by atoms with Gasteiger partial charge in [-0.05, 0) is 40.1 Å². The smallest absolute Gasteiger partial charge is 0.335 e. The molecule has 0 aliphatic rings. The summed E-state index contributed by atoms with van der Waals surface area (Å²) in [5, 5.41) is 0.849. The number of carbonyl (C=O) groups is 1. The Bertz CT molecular complexity index is 1320. The van der Waals surface area contributed by atoms with Crippen LogP contribution in [0.1, 0.15) is 19.5 Å². The molecule has 4 rings (SSSR count). The van der Waals surface area contributed by atoms with E-state index in [-0.39, 0.29) is 18.1 Å². The van der Waals surface area contributed by atoms with E-state index in [0.717, 1.165) is 22.3 Å². The zero-order chi connectivity index (χ0) is 22.8. The number of rotatable bonds is 7. The lowest BCUT2D eigenvalue weighted by molar-refractivity contribution is -0.131. The first-order chi connectivity index (χ1) is 15.5. The van der Waals surface area contributed by atoms with E-state index in [2.05, 4.69) is 0 Å². The Balaban J connectivity index is 2.04. The van der Waals surface area contributed by atoms with Gasteiger partial charge < -0.3 is 9.80 Å². The number of amides is 1. The second-order valence-corrected chi connectivity index (χ2v) is 8.12. The van der Waals surface area contributed by atoms with Crippen LogP contribution in [0.4, 0.5) is 0 Å². The Kier molecular flexibility index (Phi) is 6.10. The first-order valence-corrected chi connectivity index (χ1v) is 11.0. The number of carbonyl (C=O) groups excluding carboxylic acids is 1. The highest BCUT2D eigenvalue weighted by Gasteiger charge is 2.22. The van der Waals surface area contributed by atoms with Crippen LogP contribution in [0, 0.1) is 0 Å². The van der Waals surface area contributed by atoms with Crippen LogP contribution in [-0.2, 0) is 17.9 Å². The first-order valence-electron chi connectivity index (χ1n) is 11.0. The highest BCUT2D eigenvalue weighted by molar-refractivity contribution is 5.93. The van der Waals surface area contributed by atoms with E-state index < -0.39 is 0 Å². The summed E-state index contributed by atoms with van der Waals surface area (Å²) in [5.41, 5.74) is 3.65. The molecule has 0 saturated carbocycles. The predicted molar refractivity (Wildman–Crippen MR) is 128 cm³/mol. The number of fused-ring (bicyclic) bond motifs is 3. The molecule has 2 aromatic carbocycles. The van der Waals surface area contributed by atoms with Crippen LogP contribution in [0.15, 0.2) is 59.4 Å². The van der Waals surface area contributed by atoms with E-state index in [9.17, 15) is 9.59 Å². The highest BCUT2D eigenvalue weighted by atomic mass is 16.2. The quantitative estimate of drug-likeness (QED) is 0.451. The summed E-state index contributed by atoms with van der Waals surface area (Å²) >= 11 is 0. The molecule has 1 amide bonds. The van der Waals surface area contributed by atoms with Crippen molar-refractivity contribution in [1.29, 1.82) is 0 Å². The summed E-state index contributed by atoms with van der Waals surface area (Å²) in [7, 11) is 3.94. The predicted octanol–water partition coefficient (Wildman–Crippen LogP) is 3.25. The largest absolute Gasteiger partial charge is 0.342 e. The Hall–Kier alpha value is -3.45. The average Bonchev–Trinajstić information content (AvgIpc) is 3.17. The van der Waals surface area contributed by atoms with Crippen molar-refractivity contribution < 1.29 is 4.79 Å². The Morgan fingerprint density at radius 2 is 1.62 bits per heavy atom. The molecule has 0 fully saturated rings. The van der Waals surface area contributed by atoms with Crippen LogP contribution in [0.25, 0.3) is 27.8 Å². The van der Waals surface area contributed by atoms with Crippen LogP contribution in [0.3, 0.4) is 0 Å². The average molecular weight is 432 g/mol. The van der Waals surface area contributed by atoms with Gasteiger partial charge in [-0.15, -0.1) is 0 Å². The van der Waals surface area contributed by atoms with Gasteiger partial charge in [0.2, 0.25) is 5.91 Å². The zero-order valence-corrected chi connectivity index (χ0v) is 19.1. The molecule has 2 heterocycles. The molecule has 0 unspecified atom stereocenters. The molecule has 0 aliphatic carbocycles. The first kappa shape index (κ1) is 21.8. The molecule has 166 valence electrons. The van der Waals surface area contributed by atoms with Gasteiger partial charge in [0.25, 0.3) is 0 Å². The van der Waals surface area contributed by atoms with Gasteiger partial charge in [-0.25, -0.2) is 14.2 Å². The van der Waals surface area contributed by atoms with E-state index in [1.54, 1.807) is 13.9 Å². The summed E-state index contributed by atoms with van der Waals surface area (Å²) in [6.07, 6.45) is 0. The number of para-hydroxylation sites is 1. The topological polar surface area (TPSA) is 62.9 Å². The molecule has 32 heavy (non-hydrogen) atoms. The second-order valence-electron chi connectivity index (χ2n) is 8.12. The molecule has 0 bridgehead atoms. The number of hydrogen-bond donors (Lipinski definition) is 0. The van der Waals surface area contributed by atoms with Gasteiger partial charge >= 0.3 is 5.69 Å². The summed E-state index contributed by atoms with van der Waals surface area (Å²) in [6.45, 7) is 5.66. The third-order valence-corrected chi connectivity index (χ3v) is 5.75. The molecular weight excluding hydrogens is 402 g/mol. The molecule has 4 aromatic rings. The van der Waals surface area contributed by atoms with E-state index in [1.807, 2.05) is 87.4 Å². The number of aromatic nitrogens is 3. The maximum atomic E-state index is 13.8. The Labute approximate surface area is 187 Å². The molecule has 0 saturated heterocycles. The molecule has 0 atom stereocenters. The third kappa shape index (κ3) is 3.80. The fraction of sp³-hybridized carbons (Fsp3) is 0.320. The molecule has 0 aliphatic heterocycles. The lowest BCUT2D eigenvalue weighted by Crippen LogP contribution is -2.38. The summed E-state index contributed by atoms with van der Waals surface area (Å²) in [5.74, 6) is -0.0702. The molecule has 2 aromatic heterocycles. The minimum absolute atomic E-state index is 0.00276. The second kappa shape index (κ2) is 8.96. The van der Waals surface area contributed by atoms with Crippen molar-refractivity contribution in [3.8, 4) is 11.3 Å². The van der Waals surface area contributed by atoms with Crippen LogP contribution >= 0.6 is 0 Å². The summed E-state index contributed by atoms with van der Waals surface area (Å²) < 4.78 is 3.26. The van der Waals surface area contributed by atoms with Crippen LogP contribution in [0.5, 0.6) is 0 Å². The minimum atomic E-state index is -0.245. The van der Waals surface area contributed by atoms with Gasteiger partial charge in [0, 0.05) is 30.6 Å². The summed E-state index contributed by atoms with van der Waals surface area (Å²) in [4.78, 5) is 35.5. The van der Waals surface area contributed by atoms with Crippen molar-refractivity contribution in [3.05, 3.63) is 70.8 Å². The van der Waals surface area contributed by atoms with Crippen LogP contribution in [-0.4, -0.2) is 56.8 Å². The number of likely N-dealkylation sites (N-methyl/N-ethyl adjacent to an activating group) is 1. The van der Waals surface area contributed by atoms with E-state index in [4.69, 9.17) is 4.98 Å². The lowest BCUT2D eigenvalue weighted by Gasteiger charge is -2.20. The van der Waals surface area contributed by atoms with Gasteiger partial charge in [0.1, 0.15) is 6.54 Å². The normalized spacial score (nSPS) is 11.5. The van der Waals surface area contributed by atoms with Crippen molar-refractivity contribution >= 4 is 22.5 Å². The van der Waals surface area contributed by atoms with Crippen molar-refractivity contribution in [2.24, 2.45) is 0 Å².